The molecule has 8 nitrogen and oxygen atoms in total. The Morgan fingerprint density at radius 3 is 2.50 bits per heavy atom. The van der Waals surface area contributed by atoms with Crippen LogP contribution in [0.3, 0.4) is 0 Å². The van der Waals surface area contributed by atoms with Crippen LogP contribution < -0.4 is 10.6 Å². The summed E-state index contributed by atoms with van der Waals surface area (Å²) in [4.78, 5) is 13.4. The molecule has 5 aromatic rings. The van der Waals surface area contributed by atoms with Crippen molar-refractivity contribution in [1.29, 1.82) is 0 Å². The molecule has 5 heterocycles. The Kier molecular flexibility index (Phi) is 3.83. The molecule has 0 aliphatic carbocycles. The van der Waals surface area contributed by atoms with Gasteiger partial charge in [-0.1, -0.05) is 36.4 Å². The normalized spacial score (nSPS) is 28.9. The number of carbonyl (C=O) groups is 1. The summed E-state index contributed by atoms with van der Waals surface area (Å²) in [6.07, 6.45) is -0.927. The second-order valence-electron chi connectivity index (χ2n) is 10.3. The molecule has 182 valence electrons. The Morgan fingerprint density at radius 2 is 1.78 bits per heavy atom. The van der Waals surface area contributed by atoms with Gasteiger partial charge in [0.1, 0.15) is 5.72 Å². The molecule has 2 aromatic heterocycles. The van der Waals surface area contributed by atoms with Crippen molar-refractivity contribution < 1.29 is 19.4 Å². The summed E-state index contributed by atoms with van der Waals surface area (Å²) < 4.78 is 17.7. The summed E-state index contributed by atoms with van der Waals surface area (Å²) in [7, 11) is 3.69. The summed E-state index contributed by atoms with van der Waals surface area (Å²) >= 11 is 0. The van der Waals surface area contributed by atoms with Gasteiger partial charge in [0.25, 0.3) is 5.91 Å². The second-order valence-corrected chi connectivity index (χ2v) is 10.3. The standard InChI is InChI=1S/C28H26N4O4/c1-28-12-17(35-3)22(29-2)27(36-28)31-15-10-6-4-8-13(15)18-20-21(26(34)30-25(20)33)19-14-9-5-7-11-16(14)32(28)24(19)23(18)31/h4-11,17,22,26-27,29,34H,12H2,1-3H3,(H,30,33). The highest BCUT2D eigenvalue weighted by Gasteiger charge is 2.51. The number of ether oxygens (including phenoxy) is 2. The van der Waals surface area contributed by atoms with E-state index in [1.807, 2.05) is 31.3 Å². The molecule has 5 atom stereocenters. The Balaban J connectivity index is 1.73. The maximum atomic E-state index is 13.4. The van der Waals surface area contributed by atoms with Crippen LogP contribution >= 0.6 is 0 Å². The molecule has 5 unspecified atom stereocenters. The van der Waals surface area contributed by atoms with Gasteiger partial charge in [-0.05, 0) is 26.1 Å². The van der Waals surface area contributed by atoms with Crippen molar-refractivity contribution in [2.75, 3.05) is 14.2 Å². The van der Waals surface area contributed by atoms with Gasteiger partial charge in [0.2, 0.25) is 0 Å². The summed E-state index contributed by atoms with van der Waals surface area (Å²) in [5, 5.41) is 21.1. The van der Waals surface area contributed by atoms with Crippen molar-refractivity contribution in [2.45, 2.75) is 43.7 Å². The smallest absolute Gasteiger partial charge is 0.254 e. The number of rotatable bonds is 2. The van der Waals surface area contributed by atoms with Crippen LogP contribution in [0.15, 0.2) is 48.5 Å². The molecule has 3 aliphatic heterocycles. The van der Waals surface area contributed by atoms with Crippen LogP contribution in [0.1, 0.15) is 41.7 Å². The highest BCUT2D eigenvalue weighted by molar-refractivity contribution is 6.31. The Bertz CT molecular complexity index is 1790. The van der Waals surface area contributed by atoms with Gasteiger partial charge >= 0.3 is 0 Å². The molecule has 3 aromatic carbocycles. The van der Waals surface area contributed by atoms with Crippen molar-refractivity contribution in [2.24, 2.45) is 0 Å². The molecule has 8 rings (SSSR count). The predicted molar refractivity (Wildman–Crippen MR) is 137 cm³/mol. The highest BCUT2D eigenvalue weighted by Crippen LogP contribution is 2.54. The highest BCUT2D eigenvalue weighted by atomic mass is 16.6. The first-order chi connectivity index (χ1) is 17.5. The van der Waals surface area contributed by atoms with Crippen molar-refractivity contribution in [1.82, 2.24) is 19.8 Å². The van der Waals surface area contributed by atoms with Gasteiger partial charge in [0.15, 0.2) is 12.5 Å². The maximum absolute atomic E-state index is 13.4. The molecule has 0 spiro atoms. The molecule has 1 saturated heterocycles. The van der Waals surface area contributed by atoms with E-state index in [0.29, 0.717) is 17.5 Å². The van der Waals surface area contributed by atoms with Crippen LogP contribution in [0.2, 0.25) is 0 Å². The largest absolute Gasteiger partial charge is 0.379 e. The molecule has 3 aliphatic rings. The van der Waals surface area contributed by atoms with E-state index < -0.39 is 12.0 Å². The molecular formula is C28H26N4O4. The number of para-hydroxylation sites is 2. The van der Waals surface area contributed by atoms with E-state index in [2.05, 4.69) is 51.0 Å². The number of amides is 1. The summed E-state index contributed by atoms with van der Waals surface area (Å²) in [6, 6.07) is 16.2. The van der Waals surface area contributed by atoms with Crippen LogP contribution in [-0.2, 0) is 15.2 Å². The number of hydrogen-bond donors (Lipinski definition) is 3. The van der Waals surface area contributed by atoms with E-state index in [1.54, 1.807) is 7.11 Å². The molecule has 2 bridgehead atoms. The number of aliphatic hydroxyl groups is 1. The van der Waals surface area contributed by atoms with E-state index >= 15 is 0 Å². The first kappa shape index (κ1) is 20.7. The maximum Gasteiger partial charge on any atom is 0.254 e. The Hall–Kier alpha value is -3.43. The van der Waals surface area contributed by atoms with Crippen molar-refractivity contribution in [3.8, 4) is 0 Å². The van der Waals surface area contributed by atoms with Gasteiger partial charge < -0.3 is 34.3 Å². The SMILES string of the molecule is CNC1C(OC)CC2(C)OC1n1c3ccccc3c3c4c(c5c6ccccc6n2c5c31)C(O)NC4=O. The average molecular weight is 483 g/mol. The fourth-order valence-corrected chi connectivity index (χ4v) is 7.26. The Morgan fingerprint density at radius 1 is 1.08 bits per heavy atom. The minimum absolute atomic E-state index is 0.110. The fourth-order valence-electron chi connectivity index (χ4n) is 7.26. The number of benzene rings is 3. The summed E-state index contributed by atoms with van der Waals surface area (Å²) in [5.41, 5.74) is 4.40. The van der Waals surface area contributed by atoms with Crippen molar-refractivity contribution in [3.63, 3.8) is 0 Å². The van der Waals surface area contributed by atoms with Crippen LogP contribution in [0.25, 0.3) is 43.6 Å². The van der Waals surface area contributed by atoms with Crippen molar-refractivity contribution in [3.05, 3.63) is 59.7 Å². The number of fused-ring (bicyclic) bond motifs is 13. The molecule has 8 heteroatoms. The topological polar surface area (TPSA) is 89.7 Å². The van der Waals surface area contributed by atoms with E-state index in [9.17, 15) is 9.90 Å². The lowest BCUT2D eigenvalue weighted by Gasteiger charge is -2.47. The quantitative estimate of drug-likeness (QED) is 0.356. The molecular weight excluding hydrogens is 456 g/mol. The molecule has 0 saturated carbocycles. The zero-order valence-corrected chi connectivity index (χ0v) is 20.2. The van der Waals surface area contributed by atoms with E-state index in [4.69, 9.17) is 9.47 Å². The van der Waals surface area contributed by atoms with Crippen LogP contribution in [-0.4, -0.2) is 46.5 Å². The van der Waals surface area contributed by atoms with Gasteiger partial charge in [-0.3, -0.25) is 4.79 Å². The third-order valence-corrected chi connectivity index (χ3v) is 8.59. The third-order valence-electron chi connectivity index (χ3n) is 8.59. The third kappa shape index (κ3) is 2.19. The fraction of sp³-hybridized carbons (Fsp3) is 0.321. The number of hydrogen-bond acceptors (Lipinski definition) is 5. The van der Waals surface area contributed by atoms with E-state index in [1.165, 1.54) is 0 Å². The summed E-state index contributed by atoms with van der Waals surface area (Å²) in [6.45, 7) is 2.12. The molecule has 0 radical (unpaired) electrons. The van der Waals surface area contributed by atoms with Gasteiger partial charge in [-0.2, -0.15) is 0 Å². The number of carbonyl (C=O) groups excluding carboxylic acids is 1. The number of aromatic nitrogens is 2. The minimum atomic E-state index is -1.08. The predicted octanol–water partition coefficient (Wildman–Crippen LogP) is 3.84. The lowest BCUT2D eigenvalue weighted by molar-refractivity contribution is -0.232. The number of nitrogens with zero attached hydrogens (tertiary/aromatic N) is 2. The van der Waals surface area contributed by atoms with Crippen LogP contribution in [0.4, 0.5) is 0 Å². The van der Waals surface area contributed by atoms with Crippen molar-refractivity contribution >= 4 is 49.5 Å². The first-order valence-electron chi connectivity index (χ1n) is 12.4. The molecule has 3 N–H and O–H groups in total. The minimum Gasteiger partial charge on any atom is -0.379 e. The van der Waals surface area contributed by atoms with Crippen LogP contribution in [0, 0.1) is 0 Å². The van der Waals surface area contributed by atoms with Crippen LogP contribution in [0.5, 0.6) is 0 Å². The first-order valence-corrected chi connectivity index (χ1v) is 12.4. The Labute approximate surface area is 206 Å². The van der Waals surface area contributed by atoms with Gasteiger partial charge in [-0.15, -0.1) is 0 Å². The monoisotopic (exact) mass is 482 g/mol. The van der Waals surface area contributed by atoms with Gasteiger partial charge in [0.05, 0.1) is 39.8 Å². The molecule has 36 heavy (non-hydrogen) atoms. The zero-order chi connectivity index (χ0) is 24.5. The summed E-state index contributed by atoms with van der Waals surface area (Å²) in [5.74, 6) is -0.251. The van der Waals surface area contributed by atoms with E-state index in [0.717, 1.165) is 43.6 Å². The molecule has 1 amide bonds. The average Bonchev–Trinajstić information content (AvgIpc) is 3.48. The van der Waals surface area contributed by atoms with Gasteiger partial charge in [0, 0.05) is 40.6 Å². The lowest BCUT2D eigenvalue weighted by Crippen LogP contribution is -2.56. The van der Waals surface area contributed by atoms with Gasteiger partial charge in [-0.25, -0.2) is 0 Å². The number of methoxy groups -OCH3 is 1. The second kappa shape index (κ2) is 6.66. The number of aliphatic hydroxyl groups excluding tert-OH is 1. The number of nitrogens with one attached hydrogen (secondary N) is 2. The zero-order valence-electron chi connectivity index (χ0n) is 20.2. The molecule has 1 fully saturated rings. The number of likely N-dealkylation sites (N-methyl/N-ethyl adjacent to an activating group) is 1. The lowest BCUT2D eigenvalue weighted by atomic mass is 9.94. The van der Waals surface area contributed by atoms with E-state index in [-0.39, 0.29) is 24.3 Å².